The smallest absolute Gasteiger partial charge is 0.236 e. The minimum absolute atomic E-state index is 0.0376. The van der Waals surface area contributed by atoms with E-state index in [-0.39, 0.29) is 18.0 Å². The first-order valence-electron chi connectivity index (χ1n) is 6.38. The zero-order valence-electron chi connectivity index (χ0n) is 10.9. The molecule has 5 heteroatoms. The molecule has 0 saturated carbocycles. The summed E-state index contributed by atoms with van der Waals surface area (Å²) in [7, 11) is 0. The monoisotopic (exact) mass is 283 g/mol. The second-order valence-electron chi connectivity index (χ2n) is 4.93. The van der Waals surface area contributed by atoms with Gasteiger partial charge in [0.15, 0.2) is 0 Å². The molecule has 0 aliphatic carbocycles. The molecular weight excluding hydrogens is 265 g/mol. The van der Waals surface area contributed by atoms with Crippen molar-refractivity contribution in [1.82, 2.24) is 5.32 Å². The van der Waals surface area contributed by atoms with Crippen LogP contribution in [0.5, 0.6) is 0 Å². The summed E-state index contributed by atoms with van der Waals surface area (Å²) in [5.74, 6) is 0.455. The van der Waals surface area contributed by atoms with Gasteiger partial charge in [0.05, 0.1) is 10.9 Å². The number of thioether (sulfide) groups is 1. The lowest BCUT2D eigenvalue weighted by atomic mass is 10.0. The van der Waals surface area contributed by atoms with Crippen LogP contribution in [0.2, 0.25) is 0 Å². The molecule has 1 saturated heterocycles. The normalized spacial score (nSPS) is 24.2. The van der Waals surface area contributed by atoms with E-state index in [1.54, 1.807) is 23.9 Å². The van der Waals surface area contributed by atoms with Gasteiger partial charge in [0.25, 0.3) is 0 Å². The molecule has 104 valence electrons. The molecule has 3 nitrogen and oxygen atoms in total. The third kappa shape index (κ3) is 3.28. The fourth-order valence-corrected chi connectivity index (χ4v) is 3.42. The highest BCUT2D eigenvalue weighted by Gasteiger charge is 2.37. The Balaban J connectivity index is 1.92. The van der Waals surface area contributed by atoms with Gasteiger partial charge in [-0.15, -0.1) is 11.8 Å². The van der Waals surface area contributed by atoms with Crippen LogP contribution < -0.4 is 5.32 Å². The number of aliphatic hydroxyl groups is 1. The van der Waals surface area contributed by atoms with Crippen molar-refractivity contribution < 1.29 is 14.3 Å². The number of nitrogens with one attached hydrogen (secondary N) is 1. The Bertz CT molecular complexity index is 461. The Kier molecular flexibility index (Phi) is 4.47. The van der Waals surface area contributed by atoms with Gasteiger partial charge in [-0.2, -0.15) is 0 Å². The zero-order valence-corrected chi connectivity index (χ0v) is 11.7. The topological polar surface area (TPSA) is 49.3 Å². The van der Waals surface area contributed by atoms with Crippen molar-refractivity contribution in [3.8, 4) is 0 Å². The molecule has 1 aromatic carbocycles. The zero-order chi connectivity index (χ0) is 13.9. The van der Waals surface area contributed by atoms with Crippen molar-refractivity contribution >= 4 is 17.7 Å². The van der Waals surface area contributed by atoms with Crippen LogP contribution in [0.25, 0.3) is 0 Å². The summed E-state index contributed by atoms with van der Waals surface area (Å²) in [4.78, 5) is 12.1. The molecule has 2 unspecified atom stereocenters. The average molecular weight is 283 g/mol. The number of hydrogen-bond donors (Lipinski definition) is 2. The summed E-state index contributed by atoms with van der Waals surface area (Å²) in [6.45, 7) is 1.95. The number of amides is 1. The highest BCUT2D eigenvalue weighted by atomic mass is 32.2. The Morgan fingerprint density at radius 2 is 2.32 bits per heavy atom. The van der Waals surface area contributed by atoms with Crippen molar-refractivity contribution in [2.24, 2.45) is 0 Å². The summed E-state index contributed by atoms with van der Waals surface area (Å²) in [6, 6.07) is 6.06. The summed E-state index contributed by atoms with van der Waals surface area (Å²) >= 11 is 1.64. The van der Waals surface area contributed by atoms with Gasteiger partial charge < -0.3 is 10.4 Å². The number of carbonyl (C=O) groups excluding carboxylic acids is 1. The van der Waals surface area contributed by atoms with E-state index in [2.05, 4.69) is 5.32 Å². The van der Waals surface area contributed by atoms with Crippen molar-refractivity contribution in [2.45, 2.75) is 30.6 Å². The van der Waals surface area contributed by atoms with E-state index in [1.807, 2.05) is 6.92 Å². The van der Waals surface area contributed by atoms with Gasteiger partial charge in [0.2, 0.25) is 5.91 Å². The van der Waals surface area contributed by atoms with E-state index in [0.717, 1.165) is 18.6 Å². The SMILES string of the molecule is CC1(C(=O)NCC(O)c2ccccc2F)CCCS1. The van der Waals surface area contributed by atoms with Crippen molar-refractivity contribution in [2.75, 3.05) is 12.3 Å². The molecule has 0 radical (unpaired) electrons. The van der Waals surface area contributed by atoms with Crippen LogP contribution in [0.15, 0.2) is 24.3 Å². The van der Waals surface area contributed by atoms with Crippen LogP contribution in [0, 0.1) is 5.82 Å². The first-order valence-corrected chi connectivity index (χ1v) is 7.36. The van der Waals surface area contributed by atoms with E-state index in [1.165, 1.54) is 12.1 Å². The maximum atomic E-state index is 13.5. The minimum Gasteiger partial charge on any atom is -0.386 e. The maximum Gasteiger partial charge on any atom is 0.236 e. The first kappa shape index (κ1) is 14.3. The molecule has 1 aromatic rings. The van der Waals surface area contributed by atoms with Crippen molar-refractivity contribution in [3.63, 3.8) is 0 Å². The van der Waals surface area contributed by atoms with E-state index in [4.69, 9.17) is 0 Å². The third-order valence-electron chi connectivity index (χ3n) is 3.42. The molecule has 1 heterocycles. The lowest BCUT2D eigenvalue weighted by Crippen LogP contribution is -2.42. The lowest BCUT2D eigenvalue weighted by molar-refractivity contribution is -0.123. The second kappa shape index (κ2) is 5.92. The number of aliphatic hydroxyl groups excluding tert-OH is 1. The Hall–Kier alpha value is -1.07. The van der Waals surface area contributed by atoms with Gasteiger partial charge in [-0.25, -0.2) is 4.39 Å². The highest BCUT2D eigenvalue weighted by molar-refractivity contribution is 8.01. The quantitative estimate of drug-likeness (QED) is 0.891. The molecule has 2 atom stereocenters. The molecule has 19 heavy (non-hydrogen) atoms. The van der Waals surface area contributed by atoms with Gasteiger partial charge in [0, 0.05) is 12.1 Å². The molecule has 1 amide bonds. The van der Waals surface area contributed by atoms with E-state index >= 15 is 0 Å². The molecule has 1 fully saturated rings. The molecule has 2 rings (SSSR count). The molecule has 2 N–H and O–H groups in total. The third-order valence-corrected chi connectivity index (χ3v) is 4.94. The van der Waals surface area contributed by atoms with E-state index < -0.39 is 16.7 Å². The van der Waals surface area contributed by atoms with Crippen LogP contribution in [0.4, 0.5) is 4.39 Å². The summed E-state index contributed by atoms with van der Waals surface area (Å²) in [6.07, 6.45) is 0.865. The molecule has 0 aromatic heterocycles. The molecule has 1 aliphatic heterocycles. The summed E-state index contributed by atoms with van der Waals surface area (Å²) in [5.41, 5.74) is 0.215. The standard InChI is InChI=1S/C14H18FNO2S/c1-14(7-4-8-19-14)13(18)16-9-12(17)10-5-2-3-6-11(10)15/h2-3,5-6,12,17H,4,7-9H2,1H3,(H,16,18). The number of halogens is 1. The fraction of sp³-hybridized carbons (Fsp3) is 0.500. The Morgan fingerprint density at radius 1 is 1.58 bits per heavy atom. The highest BCUT2D eigenvalue weighted by Crippen LogP contribution is 2.37. The van der Waals surface area contributed by atoms with Crippen LogP contribution in [0.3, 0.4) is 0 Å². The lowest BCUT2D eigenvalue weighted by Gasteiger charge is -2.22. The Morgan fingerprint density at radius 3 is 2.95 bits per heavy atom. The minimum atomic E-state index is -1.01. The van der Waals surface area contributed by atoms with Crippen LogP contribution in [0.1, 0.15) is 31.4 Å². The average Bonchev–Trinajstić information content (AvgIpc) is 2.84. The van der Waals surface area contributed by atoms with Crippen LogP contribution in [-0.2, 0) is 4.79 Å². The summed E-state index contributed by atoms with van der Waals surface area (Å²) in [5, 5.41) is 12.6. The van der Waals surface area contributed by atoms with Crippen LogP contribution >= 0.6 is 11.8 Å². The predicted octanol–water partition coefficient (Wildman–Crippen LogP) is 2.26. The van der Waals surface area contributed by atoms with Gasteiger partial charge >= 0.3 is 0 Å². The maximum absolute atomic E-state index is 13.5. The van der Waals surface area contributed by atoms with Gasteiger partial charge in [0.1, 0.15) is 5.82 Å². The molecule has 1 aliphatic rings. The van der Waals surface area contributed by atoms with E-state index in [0.29, 0.717) is 0 Å². The van der Waals surface area contributed by atoms with Crippen molar-refractivity contribution in [3.05, 3.63) is 35.6 Å². The van der Waals surface area contributed by atoms with Crippen LogP contribution in [-0.4, -0.2) is 28.1 Å². The van der Waals surface area contributed by atoms with Gasteiger partial charge in [-0.3, -0.25) is 4.79 Å². The molecule has 0 spiro atoms. The summed E-state index contributed by atoms with van der Waals surface area (Å²) < 4.78 is 13.1. The number of benzene rings is 1. The van der Waals surface area contributed by atoms with Gasteiger partial charge in [-0.1, -0.05) is 18.2 Å². The number of hydrogen-bond acceptors (Lipinski definition) is 3. The van der Waals surface area contributed by atoms with E-state index in [9.17, 15) is 14.3 Å². The predicted molar refractivity (Wildman–Crippen MR) is 74.5 cm³/mol. The molecular formula is C14H18FNO2S. The fourth-order valence-electron chi connectivity index (χ4n) is 2.19. The first-order chi connectivity index (χ1) is 9.03. The molecule has 0 bridgehead atoms. The van der Waals surface area contributed by atoms with Gasteiger partial charge in [-0.05, 0) is 31.6 Å². The largest absolute Gasteiger partial charge is 0.386 e. The van der Waals surface area contributed by atoms with Crippen molar-refractivity contribution in [1.29, 1.82) is 0 Å². The number of carbonyl (C=O) groups is 1. The number of rotatable bonds is 4. The Labute approximate surface area is 116 Å². The second-order valence-corrected chi connectivity index (χ2v) is 6.53.